The third-order valence-electron chi connectivity index (χ3n) is 4.23. The van der Waals surface area contributed by atoms with Gasteiger partial charge >= 0.3 is 0 Å². The average Bonchev–Trinajstić information content (AvgIpc) is 2.44. The van der Waals surface area contributed by atoms with Crippen LogP contribution in [0.3, 0.4) is 0 Å². The van der Waals surface area contributed by atoms with Gasteiger partial charge in [-0.2, -0.15) is 0 Å². The largest absolute Gasteiger partial charge is 0.313 e. The van der Waals surface area contributed by atoms with Crippen LogP contribution in [0.2, 0.25) is 0 Å². The maximum atomic E-state index is 12.8. The van der Waals surface area contributed by atoms with Gasteiger partial charge in [-0.25, -0.2) is 0 Å². The number of likely N-dealkylation sites (N-methyl/N-ethyl adjacent to an activating group) is 1. The van der Waals surface area contributed by atoms with Crippen LogP contribution >= 0.6 is 0 Å². The zero-order valence-electron chi connectivity index (χ0n) is 13.9. The molecule has 0 unspecified atom stereocenters. The predicted octanol–water partition coefficient (Wildman–Crippen LogP) is 1.99. The van der Waals surface area contributed by atoms with Crippen molar-refractivity contribution in [2.45, 2.75) is 53.2 Å². The number of pyridine rings is 1. The van der Waals surface area contributed by atoms with Gasteiger partial charge in [-0.1, -0.05) is 20.8 Å². The first-order valence-electron chi connectivity index (χ1n) is 8.16. The number of hydrogen-bond donors (Lipinski definition) is 1. The second kappa shape index (κ2) is 7.23. The molecule has 118 valence electrons. The SMILES string of the molecule is CCNCc1cc2c(n(CCC(C)C)c1=O)CCN(C)C2. The van der Waals surface area contributed by atoms with E-state index in [1.54, 1.807) is 0 Å². The Morgan fingerprint density at radius 2 is 2.14 bits per heavy atom. The van der Waals surface area contributed by atoms with Crippen molar-refractivity contribution in [3.8, 4) is 0 Å². The van der Waals surface area contributed by atoms with Crippen LogP contribution in [0.25, 0.3) is 0 Å². The maximum Gasteiger partial charge on any atom is 0.255 e. The van der Waals surface area contributed by atoms with Crippen molar-refractivity contribution >= 4 is 0 Å². The number of nitrogens with one attached hydrogen (secondary N) is 1. The fourth-order valence-corrected chi connectivity index (χ4v) is 2.93. The van der Waals surface area contributed by atoms with Crippen molar-refractivity contribution < 1.29 is 0 Å². The summed E-state index contributed by atoms with van der Waals surface area (Å²) in [6.45, 7) is 10.9. The molecule has 0 saturated heterocycles. The van der Waals surface area contributed by atoms with Crippen molar-refractivity contribution in [1.29, 1.82) is 0 Å². The second-order valence-electron chi connectivity index (χ2n) is 6.55. The fourth-order valence-electron chi connectivity index (χ4n) is 2.93. The van der Waals surface area contributed by atoms with Gasteiger partial charge in [0.2, 0.25) is 0 Å². The first-order chi connectivity index (χ1) is 10.0. The van der Waals surface area contributed by atoms with Crippen LogP contribution in [0.5, 0.6) is 0 Å². The van der Waals surface area contributed by atoms with Crippen LogP contribution in [-0.2, 0) is 26.1 Å². The Kier molecular flexibility index (Phi) is 5.59. The van der Waals surface area contributed by atoms with E-state index in [0.29, 0.717) is 12.5 Å². The molecule has 1 N–H and O–H groups in total. The monoisotopic (exact) mass is 291 g/mol. The lowest BCUT2D eigenvalue weighted by molar-refractivity contribution is 0.302. The van der Waals surface area contributed by atoms with E-state index >= 15 is 0 Å². The standard InChI is InChI=1S/C17H29N3O/c1-5-18-11-14-10-15-12-19(4)8-7-16(15)20(17(14)21)9-6-13(2)3/h10,13,18H,5-9,11-12H2,1-4H3. The smallest absolute Gasteiger partial charge is 0.255 e. The second-order valence-corrected chi connectivity index (χ2v) is 6.55. The third kappa shape index (κ3) is 3.95. The minimum Gasteiger partial charge on any atom is -0.313 e. The van der Waals surface area contributed by atoms with E-state index in [1.807, 2.05) is 0 Å². The number of rotatable bonds is 6. The molecule has 2 rings (SSSR count). The van der Waals surface area contributed by atoms with Crippen LogP contribution in [0, 0.1) is 5.92 Å². The highest BCUT2D eigenvalue weighted by Gasteiger charge is 2.19. The minimum absolute atomic E-state index is 0.208. The molecule has 1 aromatic heterocycles. The molecular formula is C17H29N3O. The van der Waals surface area contributed by atoms with Crippen molar-refractivity contribution in [1.82, 2.24) is 14.8 Å². The topological polar surface area (TPSA) is 37.3 Å². The van der Waals surface area contributed by atoms with Gasteiger partial charge in [0.1, 0.15) is 0 Å². The van der Waals surface area contributed by atoms with Gasteiger partial charge in [-0.05, 0) is 37.6 Å². The van der Waals surface area contributed by atoms with Crippen LogP contribution in [-0.4, -0.2) is 29.6 Å². The Bertz CT molecular complexity index is 534. The summed E-state index contributed by atoms with van der Waals surface area (Å²) < 4.78 is 2.05. The molecule has 4 nitrogen and oxygen atoms in total. The maximum absolute atomic E-state index is 12.8. The molecule has 1 aliphatic rings. The Morgan fingerprint density at radius 3 is 2.81 bits per heavy atom. The van der Waals surface area contributed by atoms with Crippen molar-refractivity contribution in [3.05, 3.63) is 33.2 Å². The molecule has 0 amide bonds. The molecule has 1 aliphatic heterocycles. The van der Waals surface area contributed by atoms with E-state index in [0.717, 1.165) is 44.6 Å². The summed E-state index contributed by atoms with van der Waals surface area (Å²) in [5, 5.41) is 3.29. The van der Waals surface area contributed by atoms with E-state index in [1.165, 1.54) is 11.3 Å². The summed E-state index contributed by atoms with van der Waals surface area (Å²) in [6.07, 6.45) is 2.05. The van der Waals surface area contributed by atoms with E-state index in [9.17, 15) is 4.79 Å². The lowest BCUT2D eigenvalue weighted by Gasteiger charge is -2.28. The molecule has 0 bridgehead atoms. The highest BCUT2D eigenvalue weighted by atomic mass is 16.1. The molecule has 0 aliphatic carbocycles. The van der Waals surface area contributed by atoms with Gasteiger partial charge in [-0.3, -0.25) is 4.79 Å². The van der Waals surface area contributed by atoms with E-state index < -0.39 is 0 Å². The summed E-state index contributed by atoms with van der Waals surface area (Å²) in [5.74, 6) is 0.622. The molecule has 0 aromatic carbocycles. The number of hydrogen-bond acceptors (Lipinski definition) is 3. The molecule has 0 atom stereocenters. The summed E-state index contributed by atoms with van der Waals surface area (Å²) >= 11 is 0. The number of fused-ring (bicyclic) bond motifs is 1. The zero-order chi connectivity index (χ0) is 15.4. The Morgan fingerprint density at radius 1 is 1.38 bits per heavy atom. The number of aromatic nitrogens is 1. The average molecular weight is 291 g/mol. The predicted molar refractivity (Wildman–Crippen MR) is 87.6 cm³/mol. The Hall–Kier alpha value is -1.13. The zero-order valence-corrected chi connectivity index (χ0v) is 13.9. The van der Waals surface area contributed by atoms with Gasteiger partial charge in [0.15, 0.2) is 0 Å². The first-order valence-corrected chi connectivity index (χ1v) is 8.16. The third-order valence-corrected chi connectivity index (χ3v) is 4.23. The molecule has 21 heavy (non-hydrogen) atoms. The Labute approximate surface area is 128 Å². The molecule has 4 heteroatoms. The number of nitrogens with zero attached hydrogens (tertiary/aromatic N) is 2. The van der Waals surface area contributed by atoms with Crippen molar-refractivity contribution in [2.24, 2.45) is 5.92 Å². The lowest BCUT2D eigenvalue weighted by Crippen LogP contribution is -2.36. The minimum atomic E-state index is 0.208. The summed E-state index contributed by atoms with van der Waals surface area (Å²) in [6, 6.07) is 2.13. The van der Waals surface area contributed by atoms with E-state index in [2.05, 4.69) is 48.7 Å². The summed E-state index contributed by atoms with van der Waals surface area (Å²) in [5.41, 5.74) is 3.72. The van der Waals surface area contributed by atoms with Crippen molar-refractivity contribution in [3.63, 3.8) is 0 Å². The summed E-state index contributed by atoms with van der Waals surface area (Å²) in [7, 11) is 2.15. The molecule has 1 aromatic rings. The molecular weight excluding hydrogens is 262 g/mol. The molecule has 0 spiro atoms. The van der Waals surface area contributed by atoms with Crippen LogP contribution in [0.1, 0.15) is 44.0 Å². The first kappa shape index (κ1) is 16.2. The highest BCUT2D eigenvalue weighted by Crippen LogP contribution is 2.18. The molecule has 0 fully saturated rings. The van der Waals surface area contributed by atoms with E-state index in [4.69, 9.17) is 0 Å². The van der Waals surface area contributed by atoms with Gasteiger partial charge < -0.3 is 14.8 Å². The van der Waals surface area contributed by atoms with Crippen LogP contribution < -0.4 is 10.9 Å². The van der Waals surface area contributed by atoms with E-state index in [-0.39, 0.29) is 5.56 Å². The van der Waals surface area contributed by atoms with Gasteiger partial charge in [0.25, 0.3) is 5.56 Å². The molecule has 2 heterocycles. The van der Waals surface area contributed by atoms with Crippen molar-refractivity contribution in [2.75, 3.05) is 20.1 Å². The van der Waals surface area contributed by atoms with Gasteiger partial charge in [0.05, 0.1) is 0 Å². The quantitative estimate of drug-likeness (QED) is 0.871. The molecule has 0 radical (unpaired) electrons. The lowest BCUT2D eigenvalue weighted by atomic mass is 10.0. The van der Waals surface area contributed by atoms with Crippen LogP contribution in [0.4, 0.5) is 0 Å². The van der Waals surface area contributed by atoms with Gasteiger partial charge in [-0.15, -0.1) is 0 Å². The normalized spacial score (nSPS) is 15.5. The van der Waals surface area contributed by atoms with Crippen LogP contribution in [0.15, 0.2) is 10.9 Å². The highest BCUT2D eigenvalue weighted by molar-refractivity contribution is 5.29. The molecule has 0 saturated carbocycles. The van der Waals surface area contributed by atoms with Gasteiger partial charge in [0, 0.05) is 43.9 Å². The summed E-state index contributed by atoms with van der Waals surface area (Å²) in [4.78, 5) is 15.1. The fraction of sp³-hybridized carbons (Fsp3) is 0.706. The Balaban J connectivity index is 2.38.